The molecular formula is C13H13BrN4S. The smallest absolute Gasteiger partial charge is 0.169 e. The van der Waals surface area contributed by atoms with E-state index >= 15 is 0 Å². The zero-order chi connectivity index (χ0) is 14.0. The van der Waals surface area contributed by atoms with Gasteiger partial charge in [-0.1, -0.05) is 0 Å². The van der Waals surface area contributed by atoms with E-state index < -0.39 is 0 Å². The maximum Gasteiger partial charge on any atom is 0.169 e. The molecule has 0 radical (unpaired) electrons. The minimum absolute atomic E-state index is 0.602. The lowest BCUT2D eigenvalue weighted by Crippen LogP contribution is -2.20. The minimum atomic E-state index is 0.602. The van der Waals surface area contributed by atoms with Gasteiger partial charge in [-0.2, -0.15) is 10.4 Å². The Labute approximate surface area is 124 Å². The van der Waals surface area contributed by atoms with Gasteiger partial charge in [-0.05, 0) is 41.4 Å². The highest BCUT2D eigenvalue weighted by Gasteiger charge is 2.15. The molecule has 0 aromatic carbocycles. The fraction of sp³-hybridized carbons (Fsp3) is 0.308. The van der Waals surface area contributed by atoms with Crippen molar-refractivity contribution in [2.45, 2.75) is 20.4 Å². The molecule has 2 heterocycles. The Hall–Kier alpha value is -1.45. The van der Waals surface area contributed by atoms with Crippen LogP contribution in [0.25, 0.3) is 0 Å². The molecule has 2 aromatic rings. The van der Waals surface area contributed by atoms with E-state index in [-0.39, 0.29) is 0 Å². The van der Waals surface area contributed by atoms with Crippen molar-refractivity contribution in [2.24, 2.45) is 0 Å². The highest BCUT2D eigenvalue weighted by Crippen LogP contribution is 2.25. The van der Waals surface area contributed by atoms with Gasteiger partial charge in [-0.3, -0.25) is 0 Å². The van der Waals surface area contributed by atoms with Gasteiger partial charge < -0.3 is 4.90 Å². The van der Waals surface area contributed by atoms with Gasteiger partial charge in [0.05, 0.1) is 12.2 Å². The summed E-state index contributed by atoms with van der Waals surface area (Å²) in [5, 5.41) is 19.6. The first-order chi connectivity index (χ1) is 9.02. The molecular weight excluding hydrogens is 324 g/mol. The standard InChI is InChI=1S/C13H13BrN4S/c1-8-9(2)16-17-13(12(8)5-15)18(3)6-11-4-10(14)7-19-11/h4,7H,6H2,1-3H3. The molecule has 0 spiro atoms. The molecule has 6 heteroatoms. The Kier molecular flexibility index (Phi) is 4.17. The molecule has 19 heavy (non-hydrogen) atoms. The van der Waals surface area contributed by atoms with Crippen molar-refractivity contribution in [1.29, 1.82) is 5.26 Å². The van der Waals surface area contributed by atoms with Gasteiger partial charge >= 0.3 is 0 Å². The fourth-order valence-corrected chi connectivity index (χ4v) is 3.25. The SMILES string of the molecule is Cc1nnc(N(C)Cc2cc(Br)cs2)c(C#N)c1C. The number of nitriles is 1. The normalized spacial score (nSPS) is 10.3. The van der Waals surface area contributed by atoms with Crippen molar-refractivity contribution in [1.82, 2.24) is 10.2 Å². The van der Waals surface area contributed by atoms with E-state index in [0.717, 1.165) is 15.7 Å². The summed E-state index contributed by atoms with van der Waals surface area (Å²) in [5.41, 5.74) is 2.30. The third-order valence-electron chi connectivity index (χ3n) is 2.92. The first kappa shape index (κ1) is 14.0. The molecule has 4 nitrogen and oxygen atoms in total. The molecule has 0 amide bonds. The summed E-state index contributed by atoms with van der Waals surface area (Å²) in [6.07, 6.45) is 0. The molecule has 0 aliphatic carbocycles. The van der Waals surface area contributed by atoms with Crippen LogP contribution in [0.3, 0.4) is 0 Å². The summed E-state index contributed by atoms with van der Waals surface area (Å²) in [5.74, 6) is 0.634. The van der Waals surface area contributed by atoms with E-state index in [4.69, 9.17) is 0 Å². The second-order valence-electron chi connectivity index (χ2n) is 4.31. The number of anilines is 1. The predicted molar refractivity (Wildman–Crippen MR) is 80.3 cm³/mol. The predicted octanol–water partition coefficient (Wildman–Crippen LogP) is 3.43. The number of thiophene rings is 1. The summed E-state index contributed by atoms with van der Waals surface area (Å²) >= 11 is 5.11. The topological polar surface area (TPSA) is 52.8 Å². The summed E-state index contributed by atoms with van der Waals surface area (Å²) in [6, 6.07) is 4.30. The first-order valence-corrected chi connectivity index (χ1v) is 7.38. The van der Waals surface area contributed by atoms with Crippen molar-refractivity contribution in [3.63, 3.8) is 0 Å². The van der Waals surface area contributed by atoms with Crippen molar-refractivity contribution in [2.75, 3.05) is 11.9 Å². The van der Waals surface area contributed by atoms with E-state index in [9.17, 15) is 5.26 Å². The van der Waals surface area contributed by atoms with E-state index in [1.165, 1.54) is 4.88 Å². The van der Waals surface area contributed by atoms with Gasteiger partial charge in [0.25, 0.3) is 0 Å². The van der Waals surface area contributed by atoms with Crippen LogP contribution in [0.1, 0.15) is 21.7 Å². The lowest BCUT2D eigenvalue weighted by molar-refractivity contribution is 0.854. The van der Waals surface area contributed by atoms with Gasteiger partial charge in [-0.25, -0.2) is 0 Å². The highest BCUT2D eigenvalue weighted by molar-refractivity contribution is 9.10. The zero-order valence-electron chi connectivity index (χ0n) is 10.9. The van der Waals surface area contributed by atoms with Crippen molar-refractivity contribution < 1.29 is 0 Å². The monoisotopic (exact) mass is 336 g/mol. The molecule has 0 atom stereocenters. The molecule has 0 saturated heterocycles. The Morgan fingerprint density at radius 3 is 2.74 bits per heavy atom. The minimum Gasteiger partial charge on any atom is -0.352 e. The number of aryl methyl sites for hydroxylation is 1. The van der Waals surface area contributed by atoms with Crippen LogP contribution in [-0.2, 0) is 6.54 Å². The fourth-order valence-electron chi connectivity index (χ4n) is 1.74. The Bertz CT molecular complexity index is 645. The lowest BCUT2D eigenvalue weighted by Gasteiger charge is -2.19. The molecule has 0 saturated carbocycles. The number of hydrogen-bond donors (Lipinski definition) is 0. The van der Waals surface area contributed by atoms with Gasteiger partial charge in [0.1, 0.15) is 11.6 Å². The maximum absolute atomic E-state index is 9.29. The molecule has 2 rings (SSSR count). The summed E-state index contributed by atoms with van der Waals surface area (Å²) in [7, 11) is 1.92. The van der Waals surface area contributed by atoms with E-state index in [2.05, 4.69) is 38.3 Å². The van der Waals surface area contributed by atoms with Crippen molar-refractivity contribution in [3.8, 4) is 6.07 Å². The number of halogens is 1. The lowest BCUT2D eigenvalue weighted by atomic mass is 10.1. The molecule has 0 unspecified atom stereocenters. The van der Waals surface area contributed by atoms with Gasteiger partial charge in [0.2, 0.25) is 0 Å². The number of rotatable bonds is 3. The Morgan fingerprint density at radius 2 is 2.16 bits per heavy atom. The Morgan fingerprint density at radius 1 is 1.42 bits per heavy atom. The van der Waals surface area contributed by atoms with Crippen LogP contribution in [0.15, 0.2) is 15.9 Å². The first-order valence-electron chi connectivity index (χ1n) is 5.71. The largest absolute Gasteiger partial charge is 0.352 e. The van der Waals surface area contributed by atoms with Crippen LogP contribution in [0.5, 0.6) is 0 Å². The molecule has 0 bridgehead atoms. The van der Waals surface area contributed by atoms with Crippen LogP contribution in [0.2, 0.25) is 0 Å². The van der Waals surface area contributed by atoms with Crippen LogP contribution in [0, 0.1) is 25.2 Å². The van der Waals surface area contributed by atoms with Crippen LogP contribution >= 0.6 is 27.3 Å². The molecule has 98 valence electrons. The third kappa shape index (κ3) is 2.94. The second-order valence-corrected chi connectivity index (χ2v) is 6.22. The third-order valence-corrected chi connectivity index (χ3v) is 4.61. The summed E-state index contributed by atoms with van der Waals surface area (Å²) in [4.78, 5) is 3.16. The highest BCUT2D eigenvalue weighted by atomic mass is 79.9. The number of hydrogen-bond acceptors (Lipinski definition) is 5. The van der Waals surface area contributed by atoms with E-state index in [0.29, 0.717) is 17.9 Å². The molecule has 0 fully saturated rings. The quantitative estimate of drug-likeness (QED) is 0.861. The number of aromatic nitrogens is 2. The van der Waals surface area contributed by atoms with Crippen LogP contribution in [0.4, 0.5) is 5.82 Å². The molecule has 2 aromatic heterocycles. The average molecular weight is 337 g/mol. The van der Waals surface area contributed by atoms with Crippen LogP contribution < -0.4 is 4.90 Å². The number of nitrogens with zero attached hydrogens (tertiary/aromatic N) is 4. The average Bonchev–Trinajstić information content (AvgIpc) is 2.77. The van der Waals surface area contributed by atoms with Gasteiger partial charge in [0.15, 0.2) is 5.82 Å². The molecule has 0 N–H and O–H groups in total. The maximum atomic E-state index is 9.29. The summed E-state index contributed by atoms with van der Waals surface area (Å²) in [6.45, 7) is 4.48. The van der Waals surface area contributed by atoms with E-state index in [1.54, 1.807) is 11.3 Å². The molecule has 0 aliphatic heterocycles. The van der Waals surface area contributed by atoms with Gasteiger partial charge in [-0.15, -0.1) is 16.4 Å². The van der Waals surface area contributed by atoms with Crippen LogP contribution in [-0.4, -0.2) is 17.2 Å². The zero-order valence-corrected chi connectivity index (χ0v) is 13.3. The van der Waals surface area contributed by atoms with Crippen molar-refractivity contribution >= 4 is 33.1 Å². The van der Waals surface area contributed by atoms with E-state index in [1.807, 2.05) is 31.2 Å². The van der Waals surface area contributed by atoms with Gasteiger partial charge in [0, 0.05) is 21.8 Å². The summed E-state index contributed by atoms with van der Waals surface area (Å²) < 4.78 is 1.08. The Balaban J connectivity index is 2.32. The van der Waals surface area contributed by atoms with Crippen molar-refractivity contribution in [3.05, 3.63) is 37.6 Å². The second kappa shape index (κ2) is 5.68. The molecule has 0 aliphatic rings.